The molecule has 0 aliphatic heterocycles. The van der Waals surface area contributed by atoms with Gasteiger partial charge in [0.1, 0.15) is 0 Å². The highest BCUT2D eigenvalue weighted by Crippen LogP contribution is 2.18. The van der Waals surface area contributed by atoms with Crippen LogP contribution in [0.2, 0.25) is 0 Å². The summed E-state index contributed by atoms with van der Waals surface area (Å²) in [6, 6.07) is 12.8. The van der Waals surface area contributed by atoms with Gasteiger partial charge >= 0.3 is 0 Å². The zero-order valence-electron chi connectivity index (χ0n) is 16.5. The van der Waals surface area contributed by atoms with Crippen LogP contribution in [0.15, 0.2) is 66.0 Å². The first-order valence-corrected chi connectivity index (χ1v) is 11.0. The number of nitrogens with zero attached hydrogens (tertiary/aromatic N) is 2. The zero-order valence-corrected chi connectivity index (χ0v) is 18.1. The van der Waals surface area contributed by atoms with Crippen LogP contribution in [0.25, 0.3) is 21.7 Å². The molecule has 0 aliphatic rings. The van der Waals surface area contributed by atoms with E-state index in [4.69, 9.17) is 0 Å². The van der Waals surface area contributed by atoms with Gasteiger partial charge in [-0.1, -0.05) is 12.1 Å². The minimum absolute atomic E-state index is 0. The van der Waals surface area contributed by atoms with Crippen molar-refractivity contribution >= 4 is 44.1 Å². The number of aromatic amines is 1. The molecule has 2 aromatic carbocycles. The largest absolute Gasteiger partial charge is 0.315 e. The standard InChI is InChI=1S/C21H23N5O2S.ClH/c1-15(12-22-8-6-16-2-5-21-19(10-16)14-24-25-21)26-29(27,28)20-4-3-18-13-23-9-7-17(18)11-20;/h2-5,7,9-11,13-15,22,26H,6,8,12H2,1H3,(H,24,25);1H/t15-;/m1./s1. The van der Waals surface area contributed by atoms with Crippen molar-refractivity contribution in [1.29, 1.82) is 0 Å². The second-order valence-electron chi connectivity index (χ2n) is 7.15. The normalized spacial score (nSPS) is 12.7. The van der Waals surface area contributed by atoms with Crippen molar-refractivity contribution in [2.24, 2.45) is 0 Å². The molecule has 4 aromatic rings. The van der Waals surface area contributed by atoms with Crippen molar-refractivity contribution in [2.45, 2.75) is 24.3 Å². The molecule has 0 unspecified atom stereocenters. The molecule has 2 aromatic heterocycles. The molecule has 2 heterocycles. The Kier molecular flexibility index (Phi) is 7.04. The van der Waals surface area contributed by atoms with E-state index in [1.807, 2.05) is 19.2 Å². The van der Waals surface area contributed by atoms with Crippen LogP contribution in [0.4, 0.5) is 0 Å². The fraction of sp³-hybridized carbons (Fsp3) is 0.238. The highest BCUT2D eigenvalue weighted by molar-refractivity contribution is 7.89. The third kappa shape index (κ3) is 5.14. The van der Waals surface area contributed by atoms with Gasteiger partial charge < -0.3 is 5.32 Å². The average Bonchev–Trinajstić information content (AvgIpc) is 3.18. The second-order valence-corrected chi connectivity index (χ2v) is 8.87. The Labute approximate surface area is 181 Å². The number of aromatic nitrogens is 3. The monoisotopic (exact) mass is 445 g/mol. The van der Waals surface area contributed by atoms with E-state index in [2.05, 4.69) is 37.4 Å². The number of hydrogen-bond donors (Lipinski definition) is 3. The predicted octanol–water partition coefficient (Wildman–Crippen LogP) is 3.03. The van der Waals surface area contributed by atoms with E-state index in [1.54, 1.807) is 36.7 Å². The predicted molar refractivity (Wildman–Crippen MR) is 121 cm³/mol. The van der Waals surface area contributed by atoms with Gasteiger partial charge in [-0.05, 0) is 61.2 Å². The maximum absolute atomic E-state index is 12.7. The van der Waals surface area contributed by atoms with Gasteiger partial charge in [-0.25, -0.2) is 13.1 Å². The van der Waals surface area contributed by atoms with Crippen molar-refractivity contribution in [3.05, 3.63) is 66.6 Å². The van der Waals surface area contributed by atoms with Gasteiger partial charge in [-0.15, -0.1) is 12.4 Å². The summed E-state index contributed by atoms with van der Waals surface area (Å²) in [5.41, 5.74) is 2.24. The molecule has 9 heteroatoms. The molecule has 0 spiro atoms. The number of rotatable bonds is 8. The molecule has 4 rings (SSSR count). The van der Waals surface area contributed by atoms with Gasteiger partial charge in [0.2, 0.25) is 10.0 Å². The number of hydrogen-bond acceptors (Lipinski definition) is 5. The maximum Gasteiger partial charge on any atom is 0.240 e. The van der Waals surface area contributed by atoms with Crippen LogP contribution in [0, 0.1) is 0 Å². The number of benzene rings is 2. The molecule has 0 fully saturated rings. The van der Waals surface area contributed by atoms with Crippen molar-refractivity contribution in [2.75, 3.05) is 13.1 Å². The summed E-state index contributed by atoms with van der Waals surface area (Å²) in [5.74, 6) is 0. The number of fused-ring (bicyclic) bond motifs is 2. The summed E-state index contributed by atoms with van der Waals surface area (Å²) in [7, 11) is -3.58. The summed E-state index contributed by atoms with van der Waals surface area (Å²) >= 11 is 0. The van der Waals surface area contributed by atoms with Crippen LogP contribution < -0.4 is 10.0 Å². The fourth-order valence-electron chi connectivity index (χ4n) is 3.30. The summed E-state index contributed by atoms with van der Waals surface area (Å²) in [4.78, 5) is 4.31. The molecule has 0 bridgehead atoms. The van der Waals surface area contributed by atoms with E-state index in [0.29, 0.717) is 6.54 Å². The highest BCUT2D eigenvalue weighted by atomic mass is 35.5. The Morgan fingerprint density at radius 1 is 1.03 bits per heavy atom. The maximum atomic E-state index is 12.7. The van der Waals surface area contributed by atoms with E-state index in [-0.39, 0.29) is 23.3 Å². The Morgan fingerprint density at radius 2 is 1.90 bits per heavy atom. The molecule has 0 radical (unpaired) electrons. The van der Waals surface area contributed by atoms with Crippen LogP contribution in [0.5, 0.6) is 0 Å². The van der Waals surface area contributed by atoms with E-state index in [1.165, 1.54) is 5.56 Å². The first-order valence-electron chi connectivity index (χ1n) is 9.50. The molecule has 0 saturated heterocycles. The Hall–Kier alpha value is -2.52. The Bertz CT molecular complexity index is 1240. The van der Waals surface area contributed by atoms with Crippen molar-refractivity contribution in [1.82, 2.24) is 25.2 Å². The summed E-state index contributed by atoms with van der Waals surface area (Å²) in [6.45, 7) is 3.16. The van der Waals surface area contributed by atoms with Gasteiger partial charge in [0.15, 0.2) is 0 Å². The lowest BCUT2D eigenvalue weighted by Crippen LogP contribution is -2.40. The van der Waals surface area contributed by atoms with Crippen LogP contribution in [0.1, 0.15) is 12.5 Å². The molecule has 0 amide bonds. The molecular formula is C21H24ClN5O2S. The summed E-state index contributed by atoms with van der Waals surface area (Å²) in [6.07, 6.45) is 6.05. The van der Waals surface area contributed by atoms with Gasteiger partial charge in [-0.2, -0.15) is 5.10 Å². The highest BCUT2D eigenvalue weighted by Gasteiger charge is 2.17. The van der Waals surface area contributed by atoms with Crippen LogP contribution >= 0.6 is 12.4 Å². The smallest absolute Gasteiger partial charge is 0.240 e. The van der Waals surface area contributed by atoms with Crippen molar-refractivity contribution in [3.63, 3.8) is 0 Å². The molecule has 1 atom stereocenters. The minimum atomic E-state index is -3.58. The summed E-state index contributed by atoms with van der Waals surface area (Å²) < 4.78 is 28.1. The van der Waals surface area contributed by atoms with Crippen LogP contribution in [-0.2, 0) is 16.4 Å². The fourth-order valence-corrected chi connectivity index (χ4v) is 4.58. The molecule has 0 saturated carbocycles. The number of nitrogens with one attached hydrogen (secondary N) is 3. The SMILES string of the molecule is C[C@H](CNCCc1ccc2[nH]ncc2c1)NS(=O)(=O)c1ccc2cnccc2c1.Cl. The van der Waals surface area contributed by atoms with Gasteiger partial charge in [-0.3, -0.25) is 10.1 Å². The Balaban J connectivity index is 0.00000256. The Morgan fingerprint density at radius 3 is 2.77 bits per heavy atom. The second kappa shape index (κ2) is 9.53. The molecule has 158 valence electrons. The third-order valence-corrected chi connectivity index (χ3v) is 6.41. The minimum Gasteiger partial charge on any atom is -0.315 e. The lowest BCUT2D eigenvalue weighted by Gasteiger charge is -2.15. The first-order chi connectivity index (χ1) is 14.0. The van der Waals surface area contributed by atoms with E-state index < -0.39 is 10.0 Å². The van der Waals surface area contributed by atoms with Crippen molar-refractivity contribution in [3.8, 4) is 0 Å². The third-order valence-electron chi connectivity index (χ3n) is 4.82. The topological polar surface area (TPSA) is 99.8 Å². The number of pyridine rings is 1. The van der Waals surface area contributed by atoms with Crippen molar-refractivity contribution < 1.29 is 8.42 Å². The van der Waals surface area contributed by atoms with Gasteiger partial charge in [0.25, 0.3) is 0 Å². The quantitative estimate of drug-likeness (QED) is 0.362. The molecule has 3 N–H and O–H groups in total. The lowest BCUT2D eigenvalue weighted by molar-refractivity contribution is 0.537. The molecule has 30 heavy (non-hydrogen) atoms. The number of H-pyrrole nitrogens is 1. The average molecular weight is 446 g/mol. The van der Waals surface area contributed by atoms with E-state index in [9.17, 15) is 8.42 Å². The van der Waals surface area contributed by atoms with E-state index >= 15 is 0 Å². The molecule has 7 nitrogen and oxygen atoms in total. The summed E-state index contributed by atoms with van der Waals surface area (Å²) in [5, 5.41) is 13.1. The zero-order chi connectivity index (χ0) is 20.3. The van der Waals surface area contributed by atoms with E-state index in [0.717, 1.165) is 34.6 Å². The molecular weight excluding hydrogens is 422 g/mol. The van der Waals surface area contributed by atoms with Gasteiger partial charge in [0, 0.05) is 35.8 Å². The first kappa shape index (κ1) is 22.2. The number of sulfonamides is 1. The van der Waals surface area contributed by atoms with Crippen LogP contribution in [0.3, 0.4) is 0 Å². The number of halogens is 1. The molecule has 0 aliphatic carbocycles. The lowest BCUT2D eigenvalue weighted by atomic mass is 10.1. The van der Waals surface area contributed by atoms with Crippen LogP contribution in [-0.4, -0.2) is 42.7 Å². The van der Waals surface area contributed by atoms with Gasteiger partial charge in [0.05, 0.1) is 16.6 Å².